The van der Waals surface area contributed by atoms with Gasteiger partial charge in [0.15, 0.2) is 0 Å². The maximum atomic E-state index is 5.60. The Morgan fingerprint density at radius 1 is 1.21 bits per heavy atom. The zero-order valence-corrected chi connectivity index (χ0v) is 8.70. The average Bonchev–Trinajstić information content (AvgIpc) is 2.20. The molecule has 0 fully saturated rings. The van der Waals surface area contributed by atoms with E-state index in [4.69, 9.17) is 9.47 Å². The van der Waals surface area contributed by atoms with Crippen LogP contribution in [0.15, 0.2) is 30.3 Å². The molecule has 78 valence electrons. The Morgan fingerprint density at radius 2 is 1.86 bits per heavy atom. The fraction of sp³-hybridized carbons (Fsp3) is 0.400. The van der Waals surface area contributed by atoms with Crippen molar-refractivity contribution in [2.75, 3.05) is 14.2 Å². The highest BCUT2D eigenvalue weighted by atomic mass is 16.7. The van der Waals surface area contributed by atoms with Gasteiger partial charge in [-0.15, -0.1) is 0 Å². The zero-order valence-electron chi connectivity index (χ0n) is 8.70. The van der Waals surface area contributed by atoms with Crippen molar-refractivity contribution in [1.29, 1.82) is 0 Å². The molecule has 0 aliphatic carbocycles. The summed E-state index contributed by atoms with van der Waals surface area (Å²) >= 11 is 0. The molecule has 14 heavy (non-hydrogen) atoms. The Morgan fingerprint density at radius 3 is 2.36 bits per heavy atom. The molecule has 0 heterocycles. The number of nitrogens with one attached hydrogen (secondary N) is 2. The molecule has 1 aromatic rings. The molecule has 0 aliphatic heterocycles. The molecule has 0 saturated carbocycles. The smallest absolute Gasteiger partial charge is 0.279 e. The van der Waals surface area contributed by atoms with Crippen LogP contribution in [0.2, 0.25) is 0 Å². The predicted molar refractivity (Wildman–Crippen MR) is 54.7 cm³/mol. The molecule has 1 rings (SSSR count). The van der Waals surface area contributed by atoms with Crippen LogP contribution < -0.4 is 15.6 Å². The maximum absolute atomic E-state index is 5.60. The monoisotopic (exact) mass is 196 g/mol. The van der Waals surface area contributed by atoms with Gasteiger partial charge in [-0.25, -0.2) is 0 Å². The van der Waals surface area contributed by atoms with Crippen LogP contribution in [-0.2, 0) is 4.74 Å². The summed E-state index contributed by atoms with van der Waals surface area (Å²) in [6.45, 7) is 1.79. The third-order valence-electron chi connectivity index (χ3n) is 1.80. The number of hydrogen-bond acceptors (Lipinski definition) is 4. The maximum Gasteiger partial charge on any atom is 0.279 e. The Kier molecular flexibility index (Phi) is 3.88. The van der Waals surface area contributed by atoms with Gasteiger partial charge in [0.1, 0.15) is 5.75 Å². The Hall–Kier alpha value is -1.10. The van der Waals surface area contributed by atoms with Crippen LogP contribution in [0, 0.1) is 0 Å². The molecule has 0 aliphatic rings. The van der Waals surface area contributed by atoms with Gasteiger partial charge in [0.25, 0.3) is 5.91 Å². The van der Waals surface area contributed by atoms with Gasteiger partial charge in [0, 0.05) is 14.0 Å². The van der Waals surface area contributed by atoms with Crippen molar-refractivity contribution in [2.45, 2.75) is 12.8 Å². The highest BCUT2D eigenvalue weighted by Crippen LogP contribution is 2.15. The minimum Gasteiger partial charge on any atom is -0.448 e. The van der Waals surface area contributed by atoms with Crippen LogP contribution in [0.4, 0.5) is 0 Å². The van der Waals surface area contributed by atoms with Crippen molar-refractivity contribution >= 4 is 0 Å². The SMILES string of the molecule is CNNC(C)(OC)Oc1ccccc1. The first-order valence-corrected chi connectivity index (χ1v) is 4.43. The fourth-order valence-electron chi connectivity index (χ4n) is 1.06. The number of hydrogen-bond donors (Lipinski definition) is 2. The first-order valence-electron chi connectivity index (χ1n) is 4.43. The highest BCUT2D eigenvalue weighted by Gasteiger charge is 2.24. The summed E-state index contributed by atoms with van der Waals surface area (Å²) in [4.78, 5) is 0. The lowest BCUT2D eigenvalue weighted by atomic mass is 10.3. The number of ether oxygens (including phenoxy) is 2. The molecule has 0 spiro atoms. The van der Waals surface area contributed by atoms with Crippen molar-refractivity contribution in [1.82, 2.24) is 10.9 Å². The highest BCUT2D eigenvalue weighted by molar-refractivity contribution is 5.21. The number of methoxy groups -OCH3 is 1. The number of benzene rings is 1. The van der Waals surface area contributed by atoms with Gasteiger partial charge in [-0.05, 0) is 19.2 Å². The van der Waals surface area contributed by atoms with Crippen LogP contribution in [0.3, 0.4) is 0 Å². The zero-order chi connectivity index (χ0) is 10.4. The van der Waals surface area contributed by atoms with Crippen molar-refractivity contribution < 1.29 is 9.47 Å². The van der Waals surface area contributed by atoms with E-state index in [1.807, 2.05) is 30.3 Å². The summed E-state index contributed by atoms with van der Waals surface area (Å²) in [6, 6.07) is 9.49. The van der Waals surface area contributed by atoms with Crippen molar-refractivity contribution in [3.05, 3.63) is 30.3 Å². The number of para-hydroxylation sites is 1. The molecule has 0 amide bonds. The van der Waals surface area contributed by atoms with Crippen LogP contribution in [0.5, 0.6) is 5.75 Å². The lowest BCUT2D eigenvalue weighted by Gasteiger charge is -2.29. The normalized spacial score (nSPS) is 14.8. The Labute approximate surface area is 84.2 Å². The van der Waals surface area contributed by atoms with Gasteiger partial charge < -0.3 is 9.47 Å². The summed E-state index contributed by atoms with van der Waals surface area (Å²) in [5.41, 5.74) is 5.64. The Bertz CT molecular complexity index is 266. The third-order valence-corrected chi connectivity index (χ3v) is 1.80. The largest absolute Gasteiger partial charge is 0.448 e. The van der Waals surface area contributed by atoms with Gasteiger partial charge in [-0.1, -0.05) is 18.2 Å². The third kappa shape index (κ3) is 2.99. The minimum absolute atomic E-state index is 0.750. The molecule has 0 bridgehead atoms. The summed E-state index contributed by atoms with van der Waals surface area (Å²) in [5.74, 6) is -0.115. The second-order valence-corrected chi connectivity index (χ2v) is 2.94. The Balaban J connectivity index is 2.65. The molecule has 2 N–H and O–H groups in total. The van der Waals surface area contributed by atoms with E-state index in [0.29, 0.717) is 0 Å². The second kappa shape index (κ2) is 4.95. The topological polar surface area (TPSA) is 42.5 Å². The summed E-state index contributed by atoms with van der Waals surface area (Å²) < 4.78 is 10.8. The fourth-order valence-corrected chi connectivity index (χ4v) is 1.06. The molecule has 4 heteroatoms. The van der Waals surface area contributed by atoms with Gasteiger partial charge in [-0.3, -0.25) is 5.43 Å². The number of hydrazine groups is 1. The van der Waals surface area contributed by atoms with E-state index >= 15 is 0 Å². The molecule has 0 aromatic heterocycles. The predicted octanol–water partition coefficient (Wildman–Crippen LogP) is 1.11. The first kappa shape index (κ1) is 11.0. The summed E-state index contributed by atoms with van der Waals surface area (Å²) in [7, 11) is 3.33. The second-order valence-electron chi connectivity index (χ2n) is 2.94. The number of rotatable bonds is 5. The van der Waals surface area contributed by atoms with E-state index in [1.54, 1.807) is 21.1 Å². The lowest BCUT2D eigenvalue weighted by molar-refractivity contribution is -0.179. The molecule has 4 nitrogen and oxygen atoms in total. The molecule has 1 aromatic carbocycles. The molecule has 0 saturated heterocycles. The van der Waals surface area contributed by atoms with E-state index in [-0.39, 0.29) is 0 Å². The van der Waals surface area contributed by atoms with E-state index in [2.05, 4.69) is 10.9 Å². The van der Waals surface area contributed by atoms with Gasteiger partial charge in [-0.2, -0.15) is 5.43 Å². The van der Waals surface area contributed by atoms with Crippen molar-refractivity contribution in [3.8, 4) is 5.75 Å². The van der Waals surface area contributed by atoms with Crippen LogP contribution in [0.1, 0.15) is 6.92 Å². The van der Waals surface area contributed by atoms with E-state index < -0.39 is 5.91 Å². The molecule has 1 atom stereocenters. The lowest BCUT2D eigenvalue weighted by Crippen LogP contribution is -2.54. The molecular formula is C10H16N2O2. The van der Waals surface area contributed by atoms with E-state index in [0.717, 1.165) is 5.75 Å². The quantitative estimate of drug-likeness (QED) is 0.547. The minimum atomic E-state index is -0.865. The van der Waals surface area contributed by atoms with Gasteiger partial charge in [0.05, 0.1) is 0 Å². The average molecular weight is 196 g/mol. The van der Waals surface area contributed by atoms with Gasteiger partial charge >= 0.3 is 0 Å². The van der Waals surface area contributed by atoms with E-state index in [9.17, 15) is 0 Å². The van der Waals surface area contributed by atoms with Crippen molar-refractivity contribution in [3.63, 3.8) is 0 Å². The van der Waals surface area contributed by atoms with Gasteiger partial charge in [0.2, 0.25) is 0 Å². The first-order chi connectivity index (χ1) is 6.70. The van der Waals surface area contributed by atoms with E-state index in [1.165, 1.54) is 0 Å². The van der Waals surface area contributed by atoms with Crippen LogP contribution in [-0.4, -0.2) is 20.1 Å². The summed E-state index contributed by atoms with van der Waals surface area (Å²) in [5, 5.41) is 0. The van der Waals surface area contributed by atoms with Crippen molar-refractivity contribution in [2.24, 2.45) is 0 Å². The standard InChI is InChI=1S/C10H16N2O2/c1-10(13-3,12-11-2)14-9-7-5-4-6-8-9/h4-8,11-12H,1-3H3. The molecule has 1 unspecified atom stereocenters. The van der Waals surface area contributed by atoms with Crippen LogP contribution in [0.25, 0.3) is 0 Å². The molecule has 0 radical (unpaired) electrons. The summed E-state index contributed by atoms with van der Waals surface area (Å²) in [6.07, 6.45) is 0. The van der Waals surface area contributed by atoms with Crippen LogP contribution >= 0.6 is 0 Å². The molecular weight excluding hydrogens is 180 g/mol.